The highest BCUT2D eigenvalue weighted by molar-refractivity contribution is 7.41. The van der Waals surface area contributed by atoms with Gasteiger partial charge in [0.25, 0.3) is 0 Å². The highest BCUT2D eigenvalue weighted by Gasteiger charge is 2.50. The summed E-state index contributed by atoms with van der Waals surface area (Å²) in [5.41, 5.74) is 6.07. The number of rotatable bonds is 21. The maximum atomic E-state index is 6.92. The number of ether oxygens (including phenoxy) is 5. The lowest BCUT2D eigenvalue weighted by Crippen LogP contribution is -2.61. The standard InChI is InChI=1S/C48H49O8P/c1-7-19-38(20-8-1)31-49-37-44-45(50-32-39-21-9-2-10-22-39)46(51-33-40-23-11-3-12-24-40)47(52-34-41-25-13-4-14-26-41)48(55-44)56-57(53-35-42-27-15-5-16-28-42)54-36-43-29-17-6-18-30-43/h1-30,44-48H,31-37H2/t44-,45+,46+,47-,48?/m1/s1. The van der Waals surface area contributed by atoms with E-state index in [-0.39, 0.29) is 26.4 Å². The van der Waals surface area contributed by atoms with Crippen LogP contribution in [-0.4, -0.2) is 37.3 Å². The Morgan fingerprint density at radius 3 is 1.11 bits per heavy atom. The molecule has 1 heterocycles. The molecule has 6 aromatic carbocycles. The minimum atomic E-state index is -1.96. The van der Waals surface area contributed by atoms with Gasteiger partial charge in [-0.05, 0) is 33.4 Å². The third kappa shape index (κ3) is 13.0. The predicted molar refractivity (Wildman–Crippen MR) is 220 cm³/mol. The van der Waals surface area contributed by atoms with E-state index in [1.165, 1.54) is 0 Å². The molecule has 57 heavy (non-hydrogen) atoms. The Bertz CT molecular complexity index is 1920. The van der Waals surface area contributed by atoms with Crippen LogP contribution in [-0.2, 0) is 76.9 Å². The van der Waals surface area contributed by atoms with Gasteiger partial charge >= 0.3 is 8.60 Å². The van der Waals surface area contributed by atoms with Gasteiger partial charge in [0.1, 0.15) is 24.4 Å². The van der Waals surface area contributed by atoms with Crippen molar-refractivity contribution in [3.8, 4) is 0 Å². The Morgan fingerprint density at radius 1 is 0.368 bits per heavy atom. The molecule has 0 aliphatic carbocycles. The number of hydrogen-bond acceptors (Lipinski definition) is 8. The summed E-state index contributed by atoms with van der Waals surface area (Å²) >= 11 is 0. The van der Waals surface area contributed by atoms with Crippen LogP contribution in [0.15, 0.2) is 182 Å². The van der Waals surface area contributed by atoms with Gasteiger partial charge in [-0.15, -0.1) is 0 Å². The summed E-state index contributed by atoms with van der Waals surface area (Å²) < 4.78 is 53.5. The van der Waals surface area contributed by atoms with Gasteiger partial charge in [0, 0.05) is 0 Å². The molecule has 1 unspecified atom stereocenters. The summed E-state index contributed by atoms with van der Waals surface area (Å²) in [4.78, 5) is 0. The van der Waals surface area contributed by atoms with E-state index >= 15 is 0 Å². The zero-order valence-electron chi connectivity index (χ0n) is 31.9. The molecule has 0 saturated carbocycles. The highest BCUT2D eigenvalue weighted by Crippen LogP contribution is 2.46. The zero-order valence-corrected chi connectivity index (χ0v) is 32.8. The van der Waals surface area contributed by atoms with E-state index in [1.807, 2.05) is 182 Å². The van der Waals surface area contributed by atoms with Crippen LogP contribution in [0.5, 0.6) is 0 Å². The van der Waals surface area contributed by atoms with Gasteiger partial charge in [-0.25, -0.2) is 0 Å². The van der Waals surface area contributed by atoms with Crippen LogP contribution in [0, 0.1) is 0 Å². The van der Waals surface area contributed by atoms with E-state index in [1.54, 1.807) is 0 Å². The molecule has 294 valence electrons. The molecule has 7 rings (SSSR count). The van der Waals surface area contributed by atoms with Crippen LogP contribution in [0.2, 0.25) is 0 Å². The maximum absolute atomic E-state index is 6.92. The lowest BCUT2D eigenvalue weighted by Gasteiger charge is -2.46. The molecule has 0 N–H and O–H groups in total. The molecule has 1 aliphatic rings. The average Bonchev–Trinajstić information content (AvgIpc) is 3.28. The minimum absolute atomic E-state index is 0.207. The maximum Gasteiger partial charge on any atom is 0.335 e. The summed E-state index contributed by atoms with van der Waals surface area (Å²) in [6, 6.07) is 60.2. The Morgan fingerprint density at radius 2 is 0.702 bits per heavy atom. The third-order valence-electron chi connectivity index (χ3n) is 9.39. The van der Waals surface area contributed by atoms with Gasteiger partial charge in [-0.2, -0.15) is 0 Å². The van der Waals surface area contributed by atoms with E-state index < -0.39 is 39.3 Å². The van der Waals surface area contributed by atoms with Gasteiger partial charge in [0.05, 0.1) is 46.2 Å². The van der Waals surface area contributed by atoms with Gasteiger partial charge in [0.15, 0.2) is 6.29 Å². The molecular weight excluding hydrogens is 735 g/mol. The number of hydrogen-bond donors (Lipinski definition) is 0. The summed E-state index contributed by atoms with van der Waals surface area (Å²) in [6.07, 6.45) is -3.60. The summed E-state index contributed by atoms with van der Waals surface area (Å²) in [6.45, 7) is 2.10. The normalized spacial score (nSPS) is 19.4. The lowest BCUT2D eigenvalue weighted by atomic mass is 9.98. The van der Waals surface area contributed by atoms with Gasteiger partial charge < -0.3 is 32.7 Å². The first-order valence-corrected chi connectivity index (χ1v) is 20.4. The molecule has 9 heteroatoms. The topological polar surface area (TPSA) is 73.8 Å². The quantitative estimate of drug-likeness (QED) is 0.0668. The van der Waals surface area contributed by atoms with Crippen LogP contribution in [0.25, 0.3) is 0 Å². The molecule has 8 nitrogen and oxygen atoms in total. The van der Waals surface area contributed by atoms with E-state index in [0.717, 1.165) is 33.4 Å². The van der Waals surface area contributed by atoms with Crippen LogP contribution in [0.4, 0.5) is 0 Å². The lowest BCUT2D eigenvalue weighted by molar-refractivity contribution is -0.311. The zero-order chi connectivity index (χ0) is 38.7. The molecule has 0 amide bonds. The van der Waals surface area contributed by atoms with E-state index in [0.29, 0.717) is 19.8 Å². The second-order valence-electron chi connectivity index (χ2n) is 13.7. The molecule has 1 aliphatic heterocycles. The smallest absolute Gasteiger partial charge is 0.335 e. The average molecular weight is 785 g/mol. The van der Waals surface area contributed by atoms with Crippen molar-refractivity contribution in [2.45, 2.75) is 70.3 Å². The molecule has 0 bridgehead atoms. The van der Waals surface area contributed by atoms with Crippen molar-refractivity contribution in [1.29, 1.82) is 0 Å². The Balaban J connectivity index is 1.21. The first kappa shape index (κ1) is 40.6. The fraction of sp³-hybridized carbons (Fsp3) is 0.250. The summed E-state index contributed by atoms with van der Waals surface area (Å²) in [5.74, 6) is 0. The monoisotopic (exact) mass is 784 g/mol. The second-order valence-corrected chi connectivity index (χ2v) is 14.8. The molecule has 5 atom stereocenters. The summed E-state index contributed by atoms with van der Waals surface area (Å²) in [5, 5.41) is 0. The van der Waals surface area contributed by atoms with E-state index in [4.69, 9.17) is 37.3 Å². The fourth-order valence-electron chi connectivity index (χ4n) is 6.42. The van der Waals surface area contributed by atoms with Gasteiger partial charge in [-0.3, -0.25) is 4.52 Å². The second kappa shape index (κ2) is 22.4. The van der Waals surface area contributed by atoms with Gasteiger partial charge in [0.2, 0.25) is 0 Å². The van der Waals surface area contributed by atoms with Crippen molar-refractivity contribution in [1.82, 2.24) is 0 Å². The predicted octanol–water partition coefficient (Wildman–Crippen LogP) is 10.4. The first-order valence-electron chi connectivity index (χ1n) is 19.3. The fourth-order valence-corrected chi connectivity index (χ4v) is 7.46. The molecule has 0 aromatic heterocycles. The molecule has 6 aromatic rings. The van der Waals surface area contributed by atoms with Crippen molar-refractivity contribution >= 4 is 8.60 Å². The number of benzene rings is 6. The van der Waals surface area contributed by atoms with Crippen LogP contribution in [0.1, 0.15) is 33.4 Å². The van der Waals surface area contributed by atoms with E-state index in [9.17, 15) is 0 Å². The van der Waals surface area contributed by atoms with Crippen molar-refractivity contribution in [3.63, 3.8) is 0 Å². The van der Waals surface area contributed by atoms with Crippen LogP contribution in [0.3, 0.4) is 0 Å². The molecule has 0 spiro atoms. The minimum Gasteiger partial charge on any atom is -0.374 e. The molecule has 0 radical (unpaired) electrons. The SMILES string of the molecule is c1ccc(COC[C@H]2OC(OP(OCc3ccccc3)OCc3ccccc3)[C@H](OCc3ccccc3)[C@@H](OCc3ccccc3)[C@H]2OCc2ccccc2)cc1. The molecular formula is C48H49O8P. The Labute approximate surface area is 337 Å². The third-order valence-corrected chi connectivity index (χ3v) is 10.4. The van der Waals surface area contributed by atoms with E-state index in [2.05, 4.69) is 0 Å². The van der Waals surface area contributed by atoms with Crippen molar-refractivity contribution in [3.05, 3.63) is 215 Å². The summed E-state index contributed by atoms with van der Waals surface area (Å²) in [7, 11) is -1.96. The molecule has 1 fully saturated rings. The van der Waals surface area contributed by atoms with Crippen LogP contribution < -0.4 is 0 Å². The van der Waals surface area contributed by atoms with Crippen molar-refractivity contribution in [2.24, 2.45) is 0 Å². The largest absolute Gasteiger partial charge is 0.374 e. The highest BCUT2D eigenvalue weighted by atomic mass is 31.2. The van der Waals surface area contributed by atoms with Gasteiger partial charge in [-0.1, -0.05) is 182 Å². The Kier molecular flexibility index (Phi) is 16.0. The first-order chi connectivity index (χ1) is 28.3. The Hall–Kier alpha value is -4.57. The van der Waals surface area contributed by atoms with Crippen molar-refractivity contribution in [2.75, 3.05) is 6.61 Å². The van der Waals surface area contributed by atoms with Crippen LogP contribution >= 0.6 is 8.60 Å². The van der Waals surface area contributed by atoms with Crippen molar-refractivity contribution < 1.29 is 37.3 Å². The molecule has 1 saturated heterocycles.